The molecule has 0 amide bonds. The summed E-state index contributed by atoms with van der Waals surface area (Å²) in [5.41, 5.74) is 5.07. The maximum absolute atomic E-state index is 5.07. The van der Waals surface area contributed by atoms with Crippen LogP contribution in [0.3, 0.4) is 0 Å². The van der Waals surface area contributed by atoms with Crippen LogP contribution in [0.15, 0.2) is 0 Å². The number of nitrogens with two attached hydrogens (primary N) is 2. The van der Waals surface area contributed by atoms with E-state index in [-0.39, 0.29) is 0 Å². The van der Waals surface area contributed by atoms with E-state index in [0.717, 1.165) is 12.1 Å². The topological polar surface area (TPSA) is 76.1 Å². The molecule has 44 valence electrons. The molecule has 0 spiro atoms. The molecule has 7 heavy (non-hydrogen) atoms. The van der Waals surface area contributed by atoms with Crippen LogP contribution in [0.5, 0.6) is 0 Å². The Bertz CT molecular complexity index is 28.9. The average Bonchev–Trinajstić information content (AvgIpc) is 1.69. The molecule has 0 aliphatic carbocycles. The molecule has 0 aromatic heterocycles. The van der Waals surface area contributed by atoms with Crippen molar-refractivity contribution >= 4 is 12.1 Å². The Kier molecular flexibility index (Phi) is 6.36. The molecule has 4 nitrogen and oxygen atoms in total. The zero-order chi connectivity index (χ0) is 5.54. The summed E-state index contributed by atoms with van der Waals surface area (Å²) in [6.07, 6.45) is 0. The van der Waals surface area contributed by atoms with E-state index < -0.39 is 0 Å². The average molecular weight is 122 g/mol. The molecule has 0 bridgehead atoms. The third kappa shape index (κ3) is 6.19. The summed E-state index contributed by atoms with van der Waals surface area (Å²) in [6.45, 7) is 1.13. The molecule has 6 N–H and O–H groups in total. The Hall–Kier alpha value is 0.190. The van der Waals surface area contributed by atoms with Gasteiger partial charge in [-0.3, -0.25) is 10.5 Å². The van der Waals surface area contributed by atoms with E-state index in [9.17, 15) is 0 Å². The van der Waals surface area contributed by atoms with E-state index in [4.69, 9.17) is 10.9 Å². The first-order valence-corrected chi connectivity index (χ1v) is 2.79. The first kappa shape index (κ1) is 7.19. The lowest BCUT2D eigenvalue weighted by atomic mass is 11.0. The van der Waals surface area contributed by atoms with Crippen LogP contribution in [0.4, 0.5) is 0 Å². The van der Waals surface area contributed by atoms with E-state index in [1.807, 2.05) is 0 Å². The van der Waals surface area contributed by atoms with Gasteiger partial charge in [-0.15, -0.1) is 0 Å². The van der Waals surface area contributed by atoms with E-state index in [0.29, 0.717) is 13.3 Å². The van der Waals surface area contributed by atoms with Gasteiger partial charge in [-0.1, -0.05) is 0 Å². The van der Waals surface area contributed by atoms with Crippen LogP contribution in [0.25, 0.3) is 0 Å². The second kappa shape index (κ2) is 6.19. The second-order valence-corrected chi connectivity index (χ2v) is 1.42. The molecule has 0 heterocycles. The molecule has 0 unspecified atom stereocenters. The number of hydrogen-bond acceptors (Lipinski definition) is 5. The van der Waals surface area contributed by atoms with Crippen molar-refractivity contribution in [3.8, 4) is 0 Å². The highest BCUT2D eigenvalue weighted by molar-refractivity contribution is 7.95. The molecule has 0 radical (unpaired) electrons. The normalized spacial score (nSPS) is 9.43. The number of rotatable bonds is 4. The molecule has 0 saturated carbocycles. The minimum atomic E-state index is 0.480. The molecule has 0 rings (SSSR count). The maximum atomic E-state index is 5.07. The number of nitrogens with one attached hydrogen (secondary N) is 2. The van der Waals surface area contributed by atoms with Crippen LogP contribution in [0, 0.1) is 0 Å². The lowest BCUT2D eigenvalue weighted by molar-refractivity contribution is 0.697. The van der Waals surface area contributed by atoms with Crippen LogP contribution >= 0.6 is 12.1 Å². The van der Waals surface area contributed by atoms with Crippen LogP contribution in [0.1, 0.15) is 0 Å². The summed E-state index contributed by atoms with van der Waals surface area (Å²) < 4.78 is 2.75. The van der Waals surface area contributed by atoms with Crippen molar-refractivity contribution in [2.24, 2.45) is 10.9 Å². The van der Waals surface area contributed by atoms with Crippen LogP contribution in [0.2, 0.25) is 0 Å². The third-order valence-electron chi connectivity index (χ3n) is 0.425. The van der Waals surface area contributed by atoms with Crippen molar-refractivity contribution in [1.29, 1.82) is 0 Å². The smallest absolute Gasteiger partial charge is 0.0573 e. The molecule has 0 aliphatic heterocycles. The van der Waals surface area contributed by atoms with Crippen molar-refractivity contribution in [3.05, 3.63) is 0 Å². The summed E-state index contributed by atoms with van der Waals surface area (Å²) >= 11 is 1.07. The molecule has 0 aromatic rings. The fourth-order valence-electron chi connectivity index (χ4n) is 0.165. The summed E-state index contributed by atoms with van der Waals surface area (Å²) in [6, 6.07) is 0. The molecule has 0 aromatic carbocycles. The molecule has 0 aliphatic rings. The van der Waals surface area contributed by atoms with Crippen molar-refractivity contribution in [1.82, 2.24) is 10.0 Å². The highest BCUT2D eigenvalue weighted by atomic mass is 32.2. The Morgan fingerprint density at radius 3 is 2.71 bits per heavy atom. The van der Waals surface area contributed by atoms with E-state index >= 15 is 0 Å². The first-order valence-electron chi connectivity index (χ1n) is 1.91. The Morgan fingerprint density at radius 2 is 2.29 bits per heavy atom. The molecule has 0 saturated heterocycles. The Morgan fingerprint density at radius 1 is 1.57 bits per heavy atom. The van der Waals surface area contributed by atoms with Crippen molar-refractivity contribution < 1.29 is 0 Å². The van der Waals surface area contributed by atoms with Gasteiger partial charge in [-0.25, -0.2) is 4.72 Å². The van der Waals surface area contributed by atoms with Crippen molar-refractivity contribution in [3.63, 3.8) is 0 Å². The fraction of sp³-hybridized carbons (Fsp3) is 1.00. The molecular weight excluding hydrogens is 112 g/mol. The highest BCUT2D eigenvalue weighted by Crippen LogP contribution is 1.66. The van der Waals surface area contributed by atoms with Gasteiger partial charge in [-0.05, 0) is 0 Å². The minimum absolute atomic E-state index is 0.480. The Labute approximate surface area is 47.3 Å². The zero-order valence-corrected chi connectivity index (χ0v) is 4.79. The van der Waals surface area contributed by atoms with Crippen molar-refractivity contribution in [2.75, 3.05) is 13.3 Å². The van der Waals surface area contributed by atoms with Gasteiger partial charge in [-0.2, -0.15) is 0 Å². The van der Waals surface area contributed by atoms with Crippen LogP contribution in [-0.4, -0.2) is 13.3 Å². The van der Waals surface area contributed by atoms with Gasteiger partial charge in [0, 0.05) is 18.8 Å². The van der Waals surface area contributed by atoms with E-state index in [2.05, 4.69) is 10.0 Å². The Balaban J connectivity index is 2.45. The summed E-state index contributed by atoms with van der Waals surface area (Å²) in [7, 11) is 0. The quantitative estimate of drug-likeness (QED) is 0.209. The fourth-order valence-corrected chi connectivity index (χ4v) is 0.350. The van der Waals surface area contributed by atoms with Crippen LogP contribution in [-0.2, 0) is 0 Å². The number of hydrogen-bond donors (Lipinski definition) is 4. The second-order valence-electron chi connectivity index (χ2n) is 0.893. The van der Waals surface area contributed by atoms with Gasteiger partial charge < -0.3 is 5.73 Å². The van der Waals surface area contributed by atoms with Gasteiger partial charge in [0.2, 0.25) is 0 Å². The maximum Gasteiger partial charge on any atom is 0.0573 e. The molecule has 0 atom stereocenters. The molecule has 0 fully saturated rings. The van der Waals surface area contributed by atoms with Gasteiger partial charge >= 0.3 is 0 Å². The zero-order valence-electron chi connectivity index (χ0n) is 3.98. The summed E-state index contributed by atoms with van der Waals surface area (Å²) in [5, 5.41) is 7.81. The van der Waals surface area contributed by atoms with Gasteiger partial charge in [0.25, 0.3) is 0 Å². The first-order chi connectivity index (χ1) is 3.41. The predicted molar refractivity (Wildman–Crippen MR) is 32.0 cm³/mol. The largest absolute Gasteiger partial charge is 0.318 e. The standard InChI is InChI=1S/C2H10N4S/c3-1-5-2-6-7-4/h5-6H,1-4H2. The summed E-state index contributed by atoms with van der Waals surface area (Å²) in [4.78, 5) is 0. The van der Waals surface area contributed by atoms with Gasteiger partial charge in [0.1, 0.15) is 0 Å². The van der Waals surface area contributed by atoms with E-state index in [1.165, 1.54) is 0 Å². The van der Waals surface area contributed by atoms with E-state index in [1.54, 1.807) is 0 Å². The van der Waals surface area contributed by atoms with Crippen molar-refractivity contribution in [2.45, 2.75) is 0 Å². The molecule has 5 heteroatoms. The lowest BCUT2D eigenvalue weighted by Gasteiger charge is -1.97. The molecular formula is C2H10N4S. The predicted octanol–water partition coefficient (Wildman–Crippen LogP) is -1.44. The third-order valence-corrected chi connectivity index (χ3v) is 0.736. The monoisotopic (exact) mass is 122 g/mol. The highest BCUT2D eigenvalue weighted by Gasteiger charge is 1.74. The SMILES string of the molecule is NCNCNSN. The minimum Gasteiger partial charge on any atom is -0.318 e. The van der Waals surface area contributed by atoms with Gasteiger partial charge in [0.05, 0.1) is 6.67 Å². The lowest BCUT2D eigenvalue weighted by Crippen LogP contribution is -2.30. The van der Waals surface area contributed by atoms with Crippen LogP contribution < -0.4 is 20.9 Å². The van der Waals surface area contributed by atoms with Gasteiger partial charge in [0.15, 0.2) is 0 Å². The summed E-state index contributed by atoms with van der Waals surface area (Å²) in [5.74, 6) is 0.